The second-order valence-electron chi connectivity index (χ2n) is 4.58. The molecule has 0 amide bonds. The molecule has 0 aromatic carbocycles. The quantitative estimate of drug-likeness (QED) is 0.811. The van der Waals surface area contributed by atoms with Crippen molar-refractivity contribution >= 4 is 0 Å². The predicted octanol–water partition coefficient (Wildman–Crippen LogP) is 2.62. The van der Waals surface area contributed by atoms with E-state index in [4.69, 9.17) is 0 Å². The smallest absolute Gasteiger partial charge is 0.0848 e. The maximum Gasteiger partial charge on any atom is 0.0848 e. The maximum absolute atomic E-state index is 10.1. The molecule has 2 unspecified atom stereocenters. The zero-order chi connectivity index (χ0) is 11.4. The Balaban J connectivity index is 2.69. The summed E-state index contributed by atoms with van der Waals surface area (Å²) in [4.78, 5) is 0. The van der Waals surface area contributed by atoms with Crippen LogP contribution in [-0.4, -0.2) is 14.9 Å². The molecule has 0 fully saturated rings. The lowest BCUT2D eigenvalue weighted by Gasteiger charge is -2.20. The van der Waals surface area contributed by atoms with E-state index >= 15 is 0 Å². The summed E-state index contributed by atoms with van der Waals surface area (Å²) in [5.41, 5.74) is 0.935. The first-order valence-corrected chi connectivity index (χ1v) is 5.76. The van der Waals surface area contributed by atoms with Gasteiger partial charge in [-0.1, -0.05) is 27.7 Å². The zero-order valence-electron chi connectivity index (χ0n) is 10.1. The van der Waals surface area contributed by atoms with E-state index in [2.05, 4.69) is 32.8 Å². The SMILES string of the molecule is CCCn1cc(C(O)C(C)C(C)C)cn1. The van der Waals surface area contributed by atoms with Crippen molar-refractivity contribution in [1.82, 2.24) is 9.78 Å². The standard InChI is InChI=1S/C12H22N2O/c1-5-6-14-8-11(7-13-14)12(15)10(4)9(2)3/h7-10,12,15H,5-6H2,1-4H3. The molecule has 0 aliphatic heterocycles. The fourth-order valence-electron chi connectivity index (χ4n) is 1.55. The number of aromatic nitrogens is 2. The summed E-state index contributed by atoms with van der Waals surface area (Å²) in [6.45, 7) is 9.37. The maximum atomic E-state index is 10.1. The van der Waals surface area contributed by atoms with Crippen molar-refractivity contribution in [1.29, 1.82) is 0 Å². The molecule has 1 heterocycles. The Hall–Kier alpha value is -0.830. The number of nitrogens with zero attached hydrogens (tertiary/aromatic N) is 2. The van der Waals surface area contributed by atoms with Crippen LogP contribution in [0.1, 0.15) is 45.8 Å². The van der Waals surface area contributed by atoms with Crippen LogP contribution in [-0.2, 0) is 6.54 Å². The van der Waals surface area contributed by atoms with Crippen molar-refractivity contribution in [3.05, 3.63) is 18.0 Å². The number of aliphatic hydroxyl groups is 1. The van der Waals surface area contributed by atoms with Crippen LogP contribution in [0.2, 0.25) is 0 Å². The lowest BCUT2D eigenvalue weighted by Crippen LogP contribution is -2.14. The topological polar surface area (TPSA) is 38.0 Å². The van der Waals surface area contributed by atoms with Gasteiger partial charge in [0.1, 0.15) is 0 Å². The van der Waals surface area contributed by atoms with E-state index in [0.29, 0.717) is 5.92 Å². The van der Waals surface area contributed by atoms with E-state index in [0.717, 1.165) is 18.5 Å². The molecule has 0 radical (unpaired) electrons. The average Bonchev–Trinajstić information content (AvgIpc) is 2.64. The fourth-order valence-corrected chi connectivity index (χ4v) is 1.55. The number of hydrogen-bond acceptors (Lipinski definition) is 2. The highest BCUT2D eigenvalue weighted by molar-refractivity contribution is 5.09. The van der Waals surface area contributed by atoms with E-state index in [1.165, 1.54) is 0 Å². The molecule has 3 heteroatoms. The molecule has 3 nitrogen and oxygen atoms in total. The van der Waals surface area contributed by atoms with Gasteiger partial charge in [-0.25, -0.2) is 0 Å². The monoisotopic (exact) mass is 210 g/mol. The molecule has 0 aliphatic carbocycles. The van der Waals surface area contributed by atoms with Crippen LogP contribution in [0.4, 0.5) is 0 Å². The summed E-state index contributed by atoms with van der Waals surface area (Å²) in [7, 11) is 0. The normalized spacial score (nSPS) is 15.6. The first-order chi connectivity index (χ1) is 7.06. The summed E-state index contributed by atoms with van der Waals surface area (Å²) in [6.07, 6.45) is 4.40. The second kappa shape index (κ2) is 5.31. The van der Waals surface area contributed by atoms with Crippen LogP contribution in [0, 0.1) is 11.8 Å². The summed E-state index contributed by atoms with van der Waals surface area (Å²) >= 11 is 0. The summed E-state index contributed by atoms with van der Waals surface area (Å²) in [5.74, 6) is 0.749. The van der Waals surface area contributed by atoms with Gasteiger partial charge in [-0.3, -0.25) is 4.68 Å². The molecule has 0 aliphatic rings. The van der Waals surface area contributed by atoms with Gasteiger partial charge < -0.3 is 5.11 Å². The molecule has 0 saturated heterocycles. The van der Waals surface area contributed by atoms with Gasteiger partial charge in [0.2, 0.25) is 0 Å². The molecule has 1 N–H and O–H groups in total. The van der Waals surface area contributed by atoms with Crippen LogP contribution in [0.25, 0.3) is 0 Å². The Morgan fingerprint density at radius 3 is 2.60 bits per heavy atom. The van der Waals surface area contributed by atoms with E-state index in [-0.39, 0.29) is 5.92 Å². The van der Waals surface area contributed by atoms with Crippen LogP contribution >= 0.6 is 0 Å². The van der Waals surface area contributed by atoms with Crippen LogP contribution in [0.3, 0.4) is 0 Å². The average molecular weight is 210 g/mol. The Morgan fingerprint density at radius 2 is 2.07 bits per heavy atom. The molecule has 86 valence electrons. The minimum atomic E-state index is -0.393. The van der Waals surface area contributed by atoms with E-state index in [1.54, 1.807) is 6.20 Å². The minimum Gasteiger partial charge on any atom is -0.388 e. The molecule has 1 rings (SSSR count). The van der Waals surface area contributed by atoms with Gasteiger partial charge >= 0.3 is 0 Å². The Morgan fingerprint density at radius 1 is 1.40 bits per heavy atom. The zero-order valence-corrected chi connectivity index (χ0v) is 10.1. The first kappa shape index (κ1) is 12.2. The molecule has 1 aromatic heterocycles. The third-order valence-corrected chi connectivity index (χ3v) is 3.00. The van der Waals surface area contributed by atoms with Gasteiger partial charge in [0.25, 0.3) is 0 Å². The molecule has 15 heavy (non-hydrogen) atoms. The van der Waals surface area contributed by atoms with Crippen LogP contribution in [0.15, 0.2) is 12.4 Å². The van der Waals surface area contributed by atoms with Crippen LogP contribution in [0.5, 0.6) is 0 Å². The summed E-state index contributed by atoms with van der Waals surface area (Å²) in [5, 5.41) is 14.3. The highest BCUT2D eigenvalue weighted by Gasteiger charge is 2.20. The van der Waals surface area contributed by atoms with E-state index < -0.39 is 6.10 Å². The number of hydrogen-bond donors (Lipinski definition) is 1. The lowest BCUT2D eigenvalue weighted by molar-refractivity contribution is 0.0920. The molecule has 0 spiro atoms. The van der Waals surface area contributed by atoms with Gasteiger partial charge in [-0.15, -0.1) is 0 Å². The Labute approximate surface area is 92.1 Å². The number of aryl methyl sites for hydroxylation is 1. The molecule has 0 bridgehead atoms. The van der Waals surface area contributed by atoms with Crippen molar-refractivity contribution in [2.45, 2.75) is 46.8 Å². The number of rotatable bonds is 5. The van der Waals surface area contributed by atoms with Gasteiger partial charge in [0.15, 0.2) is 0 Å². The van der Waals surface area contributed by atoms with Crippen molar-refractivity contribution in [2.24, 2.45) is 11.8 Å². The van der Waals surface area contributed by atoms with Crippen molar-refractivity contribution in [3.8, 4) is 0 Å². The third kappa shape index (κ3) is 3.06. The van der Waals surface area contributed by atoms with E-state index in [1.807, 2.05) is 10.9 Å². The van der Waals surface area contributed by atoms with Gasteiger partial charge in [-0.2, -0.15) is 5.10 Å². The number of aliphatic hydroxyl groups excluding tert-OH is 1. The van der Waals surface area contributed by atoms with Crippen molar-refractivity contribution in [2.75, 3.05) is 0 Å². The summed E-state index contributed by atoms with van der Waals surface area (Å²) < 4.78 is 1.89. The summed E-state index contributed by atoms with van der Waals surface area (Å²) in [6, 6.07) is 0. The molecular formula is C12H22N2O. The van der Waals surface area contributed by atoms with Crippen LogP contribution < -0.4 is 0 Å². The van der Waals surface area contributed by atoms with Crippen molar-refractivity contribution < 1.29 is 5.11 Å². The second-order valence-corrected chi connectivity index (χ2v) is 4.58. The highest BCUT2D eigenvalue weighted by Crippen LogP contribution is 2.26. The molecular weight excluding hydrogens is 188 g/mol. The minimum absolute atomic E-state index is 0.268. The molecule has 1 aromatic rings. The van der Waals surface area contributed by atoms with E-state index in [9.17, 15) is 5.11 Å². The lowest BCUT2D eigenvalue weighted by atomic mass is 9.89. The third-order valence-electron chi connectivity index (χ3n) is 3.00. The van der Waals surface area contributed by atoms with Gasteiger partial charge in [0.05, 0.1) is 12.3 Å². The van der Waals surface area contributed by atoms with Crippen molar-refractivity contribution in [3.63, 3.8) is 0 Å². The largest absolute Gasteiger partial charge is 0.388 e. The molecule has 0 saturated carbocycles. The van der Waals surface area contributed by atoms with Gasteiger partial charge in [0, 0.05) is 18.3 Å². The first-order valence-electron chi connectivity index (χ1n) is 5.76. The van der Waals surface area contributed by atoms with Gasteiger partial charge in [-0.05, 0) is 18.3 Å². The predicted molar refractivity (Wildman–Crippen MR) is 61.5 cm³/mol. The Bertz CT molecular complexity index is 294. The highest BCUT2D eigenvalue weighted by atomic mass is 16.3. The Kier molecular flexibility index (Phi) is 4.33. The molecule has 2 atom stereocenters. The fraction of sp³-hybridized carbons (Fsp3) is 0.750.